The van der Waals surface area contributed by atoms with E-state index < -0.39 is 5.82 Å². The maximum Gasteiger partial charge on any atom is 0.229 e. The van der Waals surface area contributed by atoms with Crippen LogP contribution in [0.25, 0.3) is 0 Å². The highest BCUT2D eigenvalue weighted by atomic mass is 35.5. The van der Waals surface area contributed by atoms with E-state index in [1.54, 1.807) is 31.5 Å². The van der Waals surface area contributed by atoms with Gasteiger partial charge in [-0.1, -0.05) is 11.6 Å². The van der Waals surface area contributed by atoms with Gasteiger partial charge in [-0.3, -0.25) is 4.99 Å². The van der Waals surface area contributed by atoms with Crippen LogP contribution >= 0.6 is 11.6 Å². The van der Waals surface area contributed by atoms with Crippen LogP contribution in [0.4, 0.5) is 27.5 Å². The quantitative estimate of drug-likeness (QED) is 0.551. The fourth-order valence-corrected chi connectivity index (χ4v) is 3.39. The zero-order chi connectivity index (χ0) is 21.1. The van der Waals surface area contributed by atoms with Crippen molar-refractivity contribution in [2.75, 3.05) is 24.8 Å². The van der Waals surface area contributed by atoms with Crippen molar-refractivity contribution >= 4 is 41.0 Å². The van der Waals surface area contributed by atoms with E-state index in [2.05, 4.69) is 25.6 Å². The van der Waals surface area contributed by atoms with Crippen molar-refractivity contribution < 1.29 is 13.9 Å². The average molecular weight is 428 g/mol. The molecule has 0 radical (unpaired) electrons. The predicted octanol–water partition coefficient (Wildman–Crippen LogP) is 4.77. The van der Waals surface area contributed by atoms with Crippen molar-refractivity contribution in [3.63, 3.8) is 0 Å². The third-order valence-corrected chi connectivity index (χ3v) is 4.79. The number of halogens is 2. The van der Waals surface area contributed by atoms with Crippen LogP contribution in [0.2, 0.25) is 5.02 Å². The summed E-state index contributed by atoms with van der Waals surface area (Å²) in [6, 6.07) is 10.7. The lowest BCUT2D eigenvalue weighted by Gasteiger charge is -2.11. The van der Waals surface area contributed by atoms with Crippen molar-refractivity contribution in [3.8, 4) is 11.5 Å². The maximum absolute atomic E-state index is 14.2. The number of aromatic nitrogens is 2. The highest BCUT2D eigenvalue weighted by Crippen LogP contribution is 2.32. The molecule has 0 spiro atoms. The molecular formula is C21H19ClFN5O2. The summed E-state index contributed by atoms with van der Waals surface area (Å²) in [5.74, 6) is 1.04. The van der Waals surface area contributed by atoms with E-state index in [4.69, 9.17) is 21.1 Å². The molecule has 7 nitrogen and oxygen atoms in total. The third kappa shape index (κ3) is 4.28. The van der Waals surface area contributed by atoms with Gasteiger partial charge in [0.2, 0.25) is 5.95 Å². The molecule has 1 aromatic heterocycles. The molecule has 0 bridgehead atoms. The number of benzene rings is 2. The molecule has 2 aromatic carbocycles. The van der Waals surface area contributed by atoms with Gasteiger partial charge in [-0.2, -0.15) is 4.98 Å². The Morgan fingerprint density at radius 1 is 1.23 bits per heavy atom. The van der Waals surface area contributed by atoms with Gasteiger partial charge >= 0.3 is 0 Å². The van der Waals surface area contributed by atoms with E-state index in [9.17, 15) is 4.39 Å². The Bertz CT molecular complexity index is 1110. The van der Waals surface area contributed by atoms with E-state index >= 15 is 0 Å². The minimum Gasteiger partial charge on any atom is -0.495 e. The summed E-state index contributed by atoms with van der Waals surface area (Å²) in [6.07, 6.45) is 3.55. The summed E-state index contributed by atoms with van der Waals surface area (Å²) < 4.78 is 25.2. The van der Waals surface area contributed by atoms with Gasteiger partial charge in [0.05, 0.1) is 18.3 Å². The number of aliphatic imine (C=N–C) groups is 1. The normalized spacial score (nSPS) is 15.0. The summed E-state index contributed by atoms with van der Waals surface area (Å²) in [5.41, 5.74) is 2.40. The highest BCUT2D eigenvalue weighted by molar-refractivity contribution is 6.32. The lowest BCUT2D eigenvalue weighted by molar-refractivity contribution is 0.306. The summed E-state index contributed by atoms with van der Waals surface area (Å²) in [6.45, 7) is 0. The van der Waals surface area contributed by atoms with Gasteiger partial charge in [0.15, 0.2) is 11.6 Å². The van der Waals surface area contributed by atoms with Gasteiger partial charge in [-0.05, 0) is 36.4 Å². The lowest BCUT2D eigenvalue weighted by atomic mass is 10.1. The molecular weight excluding hydrogens is 409 g/mol. The van der Waals surface area contributed by atoms with Gasteiger partial charge in [-0.25, -0.2) is 9.37 Å². The maximum atomic E-state index is 14.2. The fourth-order valence-electron chi connectivity index (χ4n) is 3.13. The van der Waals surface area contributed by atoms with E-state index in [0.29, 0.717) is 16.5 Å². The Labute approximate surface area is 177 Å². The Kier molecular flexibility index (Phi) is 5.67. The second-order valence-electron chi connectivity index (χ2n) is 6.58. The van der Waals surface area contributed by atoms with Crippen LogP contribution in [0.3, 0.4) is 0 Å². The van der Waals surface area contributed by atoms with Crippen LogP contribution in [-0.4, -0.2) is 36.4 Å². The molecule has 154 valence electrons. The highest BCUT2D eigenvalue weighted by Gasteiger charge is 2.21. The van der Waals surface area contributed by atoms with Gasteiger partial charge in [0, 0.05) is 36.6 Å². The summed E-state index contributed by atoms with van der Waals surface area (Å²) >= 11 is 6.13. The first-order chi connectivity index (χ1) is 14.6. The molecule has 30 heavy (non-hydrogen) atoms. The zero-order valence-corrected chi connectivity index (χ0v) is 17.1. The van der Waals surface area contributed by atoms with Crippen molar-refractivity contribution in [2.24, 2.45) is 4.99 Å². The molecule has 2 N–H and O–H groups in total. The van der Waals surface area contributed by atoms with E-state index in [1.807, 2.05) is 18.2 Å². The molecule has 0 saturated heterocycles. The van der Waals surface area contributed by atoms with Crippen molar-refractivity contribution in [2.45, 2.75) is 12.5 Å². The number of nitrogens with zero attached hydrogens (tertiary/aromatic N) is 3. The van der Waals surface area contributed by atoms with Crippen molar-refractivity contribution in [1.29, 1.82) is 0 Å². The van der Waals surface area contributed by atoms with Crippen molar-refractivity contribution in [1.82, 2.24) is 9.97 Å². The minimum absolute atomic E-state index is 0.0254. The first-order valence-corrected chi connectivity index (χ1v) is 9.55. The standard InChI is InChI=1S/C21H19ClFN5O2/c1-24-10-15-8-12-7-13(3-5-18(12)30-15)27-21-25-11-17(23)20(28-21)26-14-4-6-19(29-2)16(22)9-14/h3-7,9-11,15H,8H2,1-2H3,(H2,25,26,27,28). The SMILES string of the molecule is CN=CC1Cc2cc(Nc3ncc(F)c(Nc4ccc(OC)c(Cl)c4)n3)ccc2O1. The molecule has 0 amide bonds. The topological polar surface area (TPSA) is 80.7 Å². The van der Waals surface area contributed by atoms with Crippen molar-refractivity contribution in [3.05, 3.63) is 59.0 Å². The molecule has 9 heteroatoms. The Morgan fingerprint density at radius 2 is 2.03 bits per heavy atom. The van der Waals surface area contributed by atoms with Crippen LogP contribution in [0, 0.1) is 5.82 Å². The molecule has 4 rings (SSSR count). The summed E-state index contributed by atoms with van der Waals surface area (Å²) in [7, 11) is 3.25. The number of ether oxygens (including phenoxy) is 2. The number of rotatable bonds is 6. The van der Waals surface area contributed by atoms with Crippen LogP contribution in [0.5, 0.6) is 11.5 Å². The summed E-state index contributed by atoms with van der Waals surface area (Å²) in [5, 5.41) is 6.42. The molecule has 0 saturated carbocycles. The Balaban J connectivity index is 1.52. The number of methoxy groups -OCH3 is 1. The molecule has 0 aliphatic carbocycles. The summed E-state index contributed by atoms with van der Waals surface area (Å²) in [4.78, 5) is 12.3. The number of fused-ring (bicyclic) bond motifs is 1. The number of anilines is 4. The molecule has 1 unspecified atom stereocenters. The predicted molar refractivity (Wildman–Crippen MR) is 116 cm³/mol. The van der Waals surface area contributed by atoms with Crippen LogP contribution in [-0.2, 0) is 6.42 Å². The largest absolute Gasteiger partial charge is 0.495 e. The van der Waals surface area contributed by atoms with Crippen LogP contribution in [0.15, 0.2) is 47.6 Å². The fraction of sp³-hybridized carbons (Fsp3) is 0.190. The molecule has 0 fully saturated rings. The van der Waals surface area contributed by atoms with Gasteiger partial charge in [0.25, 0.3) is 0 Å². The molecule has 1 atom stereocenters. The Morgan fingerprint density at radius 3 is 2.80 bits per heavy atom. The van der Waals surface area contributed by atoms with E-state index in [0.717, 1.165) is 29.6 Å². The van der Waals surface area contributed by atoms with E-state index in [-0.39, 0.29) is 17.9 Å². The number of hydrogen-bond acceptors (Lipinski definition) is 7. The molecule has 1 aliphatic heterocycles. The first kappa shape index (κ1) is 19.9. The number of nitrogens with one attached hydrogen (secondary N) is 2. The van der Waals surface area contributed by atoms with Crippen LogP contribution < -0.4 is 20.1 Å². The van der Waals surface area contributed by atoms with Crippen LogP contribution in [0.1, 0.15) is 5.56 Å². The Hall–Kier alpha value is -3.39. The third-order valence-electron chi connectivity index (χ3n) is 4.49. The molecule has 3 aromatic rings. The second-order valence-corrected chi connectivity index (χ2v) is 6.99. The monoisotopic (exact) mass is 427 g/mol. The lowest BCUT2D eigenvalue weighted by Crippen LogP contribution is -2.13. The second kappa shape index (κ2) is 8.54. The van der Waals surface area contributed by atoms with E-state index in [1.165, 1.54) is 7.11 Å². The first-order valence-electron chi connectivity index (χ1n) is 9.17. The van der Waals surface area contributed by atoms with Gasteiger partial charge < -0.3 is 20.1 Å². The smallest absolute Gasteiger partial charge is 0.229 e. The average Bonchev–Trinajstić information content (AvgIpc) is 3.13. The van der Waals surface area contributed by atoms with Gasteiger partial charge in [-0.15, -0.1) is 0 Å². The molecule has 2 heterocycles. The molecule has 1 aliphatic rings. The zero-order valence-electron chi connectivity index (χ0n) is 16.3. The number of hydrogen-bond donors (Lipinski definition) is 2. The van der Waals surface area contributed by atoms with Gasteiger partial charge in [0.1, 0.15) is 17.6 Å². The minimum atomic E-state index is -0.587.